The number of hydrogen-bond acceptors (Lipinski definition) is 4. The molecule has 0 spiro atoms. The molecular weight excluding hydrogens is 292 g/mol. The van der Waals surface area contributed by atoms with Gasteiger partial charge in [0.15, 0.2) is 0 Å². The minimum Gasteiger partial charge on any atom is -0.310 e. The number of piperidine rings is 1. The van der Waals surface area contributed by atoms with E-state index in [4.69, 9.17) is 0 Å². The van der Waals surface area contributed by atoms with E-state index in [2.05, 4.69) is 19.2 Å². The molecule has 0 radical (unpaired) electrons. The van der Waals surface area contributed by atoms with Gasteiger partial charge in [0.25, 0.3) is 10.0 Å². The van der Waals surface area contributed by atoms with Crippen LogP contribution in [-0.2, 0) is 16.6 Å². The molecular formula is C14H24N2O2S2. The van der Waals surface area contributed by atoms with Crippen molar-refractivity contribution in [3.8, 4) is 0 Å². The average Bonchev–Trinajstić information content (AvgIpc) is 2.86. The zero-order valence-electron chi connectivity index (χ0n) is 12.4. The maximum atomic E-state index is 12.7. The number of nitrogens with one attached hydrogen (secondary N) is 1. The first kappa shape index (κ1) is 15.9. The first-order valence-electron chi connectivity index (χ1n) is 7.25. The van der Waals surface area contributed by atoms with Crippen LogP contribution < -0.4 is 5.32 Å². The summed E-state index contributed by atoms with van der Waals surface area (Å²) in [5, 5.41) is 3.32. The van der Waals surface area contributed by atoms with Gasteiger partial charge in [0.2, 0.25) is 0 Å². The van der Waals surface area contributed by atoms with Crippen molar-refractivity contribution in [3.05, 3.63) is 17.0 Å². The Bertz CT molecular complexity index is 537. The molecule has 1 aliphatic heterocycles. The van der Waals surface area contributed by atoms with E-state index in [0.717, 1.165) is 30.7 Å². The summed E-state index contributed by atoms with van der Waals surface area (Å²) in [6.07, 6.45) is 3.06. The van der Waals surface area contributed by atoms with Gasteiger partial charge in [-0.1, -0.05) is 20.3 Å². The zero-order valence-corrected chi connectivity index (χ0v) is 14.1. The fourth-order valence-electron chi connectivity index (χ4n) is 2.44. The summed E-state index contributed by atoms with van der Waals surface area (Å²) in [4.78, 5) is 1.07. The summed E-state index contributed by atoms with van der Waals surface area (Å²) in [5.74, 6) is 0. The lowest BCUT2D eigenvalue weighted by Crippen LogP contribution is -2.41. The van der Waals surface area contributed by atoms with Crippen LogP contribution in [0.15, 0.2) is 16.3 Å². The van der Waals surface area contributed by atoms with Crippen LogP contribution in [0.3, 0.4) is 0 Å². The summed E-state index contributed by atoms with van der Waals surface area (Å²) in [6, 6.07) is 4.19. The third-order valence-electron chi connectivity index (χ3n) is 3.63. The van der Waals surface area contributed by atoms with Gasteiger partial charge < -0.3 is 5.32 Å². The third kappa shape index (κ3) is 3.61. The fourth-order valence-corrected chi connectivity index (χ4v) is 5.58. The molecule has 1 aromatic heterocycles. The van der Waals surface area contributed by atoms with Crippen LogP contribution >= 0.6 is 11.3 Å². The second kappa shape index (κ2) is 6.56. The Balaban J connectivity index is 2.13. The molecule has 0 saturated carbocycles. The molecule has 0 aliphatic carbocycles. The van der Waals surface area contributed by atoms with Crippen molar-refractivity contribution in [2.75, 3.05) is 6.54 Å². The van der Waals surface area contributed by atoms with Gasteiger partial charge in [-0.15, -0.1) is 11.3 Å². The first-order chi connectivity index (χ1) is 9.41. The Morgan fingerprint density at radius 3 is 2.80 bits per heavy atom. The largest absolute Gasteiger partial charge is 0.310 e. The summed E-state index contributed by atoms with van der Waals surface area (Å²) in [5.41, 5.74) is 0. The van der Waals surface area contributed by atoms with E-state index in [1.54, 1.807) is 10.4 Å². The molecule has 1 aromatic rings. The molecule has 1 N–H and O–H groups in total. The van der Waals surface area contributed by atoms with E-state index < -0.39 is 10.0 Å². The van der Waals surface area contributed by atoms with Crippen molar-refractivity contribution in [2.45, 2.75) is 62.9 Å². The molecule has 1 fully saturated rings. The van der Waals surface area contributed by atoms with Gasteiger partial charge in [-0.25, -0.2) is 8.42 Å². The van der Waals surface area contributed by atoms with E-state index >= 15 is 0 Å². The molecule has 20 heavy (non-hydrogen) atoms. The van der Waals surface area contributed by atoms with E-state index in [9.17, 15) is 8.42 Å². The first-order valence-corrected chi connectivity index (χ1v) is 9.51. The maximum absolute atomic E-state index is 12.7. The standard InChI is InChI=1S/C14H24N2O2S2/c1-11(2)15-10-13-7-8-14(19-13)20(17,18)16-9-5-4-6-12(16)3/h7-8,11-12,15H,4-6,9-10H2,1-3H3. The lowest BCUT2D eigenvalue weighted by molar-refractivity contribution is 0.269. The second-order valence-electron chi connectivity index (χ2n) is 5.72. The molecule has 0 amide bonds. The highest BCUT2D eigenvalue weighted by Crippen LogP contribution is 2.29. The maximum Gasteiger partial charge on any atom is 0.252 e. The number of hydrogen-bond donors (Lipinski definition) is 1. The number of thiophene rings is 1. The zero-order chi connectivity index (χ0) is 14.8. The van der Waals surface area contributed by atoms with Gasteiger partial charge >= 0.3 is 0 Å². The lowest BCUT2D eigenvalue weighted by Gasteiger charge is -2.31. The SMILES string of the molecule is CC(C)NCc1ccc(S(=O)(=O)N2CCCCC2C)s1. The molecule has 0 aromatic carbocycles. The third-order valence-corrected chi connectivity index (χ3v) is 7.19. The van der Waals surface area contributed by atoms with E-state index in [-0.39, 0.29) is 6.04 Å². The monoisotopic (exact) mass is 316 g/mol. The van der Waals surface area contributed by atoms with Gasteiger partial charge in [-0.2, -0.15) is 4.31 Å². The minimum absolute atomic E-state index is 0.119. The molecule has 1 saturated heterocycles. The van der Waals surface area contributed by atoms with E-state index in [1.807, 2.05) is 13.0 Å². The normalized spacial score (nSPS) is 21.5. The average molecular weight is 316 g/mol. The van der Waals surface area contributed by atoms with Crippen LogP contribution in [0.4, 0.5) is 0 Å². The van der Waals surface area contributed by atoms with Crippen molar-refractivity contribution in [3.63, 3.8) is 0 Å². The van der Waals surface area contributed by atoms with Crippen LogP contribution in [0.2, 0.25) is 0 Å². The minimum atomic E-state index is -3.30. The van der Waals surface area contributed by atoms with Gasteiger partial charge in [0.1, 0.15) is 4.21 Å². The fraction of sp³-hybridized carbons (Fsp3) is 0.714. The van der Waals surface area contributed by atoms with Crippen molar-refractivity contribution in [1.82, 2.24) is 9.62 Å². The highest BCUT2D eigenvalue weighted by molar-refractivity contribution is 7.91. The van der Waals surface area contributed by atoms with Crippen molar-refractivity contribution in [2.24, 2.45) is 0 Å². The Kier molecular flexibility index (Phi) is 5.23. The molecule has 2 heterocycles. The number of sulfonamides is 1. The Morgan fingerprint density at radius 2 is 2.15 bits per heavy atom. The van der Waals surface area contributed by atoms with Gasteiger partial charge in [-0.05, 0) is 31.9 Å². The lowest BCUT2D eigenvalue weighted by atomic mass is 10.1. The number of rotatable bonds is 5. The van der Waals surface area contributed by atoms with Crippen LogP contribution in [-0.4, -0.2) is 31.4 Å². The number of nitrogens with zero attached hydrogens (tertiary/aromatic N) is 1. The highest BCUT2D eigenvalue weighted by atomic mass is 32.2. The summed E-state index contributed by atoms with van der Waals surface area (Å²) >= 11 is 1.39. The van der Waals surface area contributed by atoms with Gasteiger partial charge in [-0.3, -0.25) is 0 Å². The molecule has 1 aliphatic rings. The molecule has 1 atom stereocenters. The summed E-state index contributed by atoms with van der Waals surface area (Å²) in [6.45, 7) is 7.56. The Labute approximate surface area is 126 Å². The van der Waals surface area contributed by atoms with Gasteiger partial charge in [0, 0.05) is 30.1 Å². The van der Waals surface area contributed by atoms with Gasteiger partial charge in [0.05, 0.1) is 0 Å². The second-order valence-corrected chi connectivity index (χ2v) is 9.00. The van der Waals surface area contributed by atoms with Crippen LogP contribution in [0.25, 0.3) is 0 Å². The molecule has 1 unspecified atom stereocenters. The molecule has 114 valence electrons. The van der Waals surface area contributed by atoms with E-state index in [1.165, 1.54) is 11.3 Å². The predicted molar refractivity (Wildman–Crippen MR) is 83.5 cm³/mol. The molecule has 4 nitrogen and oxygen atoms in total. The van der Waals surface area contributed by atoms with Crippen LogP contribution in [0.1, 0.15) is 44.9 Å². The molecule has 2 rings (SSSR count). The van der Waals surface area contributed by atoms with Crippen molar-refractivity contribution < 1.29 is 8.42 Å². The predicted octanol–water partition coefficient (Wildman–Crippen LogP) is 2.81. The van der Waals surface area contributed by atoms with Crippen molar-refractivity contribution >= 4 is 21.4 Å². The summed E-state index contributed by atoms with van der Waals surface area (Å²) < 4.78 is 27.5. The Hall–Kier alpha value is -0.430. The molecule has 6 heteroatoms. The highest BCUT2D eigenvalue weighted by Gasteiger charge is 2.31. The smallest absolute Gasteiger partial charge is 0.252 e. The Morgan fingerprint density at radius 1 is 1.40 bits per heavy atom. The van der Waals surface area contributed by atoms with Crippen LogP contribution in [0.5, 0.6) is 0 Å². The summed E-state index contributed by atoms with van der Waals surface area (Å²) in [7, 11) is -3.30. The van der Waals surface area contributed by atoms with Crippen LogP contribution in [0, 0.1) is 0 Å². The quantitative estimate of drug-likeness (QED) is 0.909. The molecule has 0 bridgehead atoms. The van der Waals surface area contributed by atoms with Crippen molar-refractivity contribution in [1.29, 1.82) is 0 Å². The van der Waals surface area contributed by atoms with E-state index in [0.29, 0.717) is 16.8 Å². The topological polar surface area (TPSA) is 49.4 Å².